The van der Waals surface area contributed by atoms with E-state index in [1.165, 1.54) is 17.7 Å². The van der Waals surface area contributed by atoms with Crippen LogP contribution in [0.2, 0.25) is 0 Å². The fraction of sp³-hybridized carbons (Fsp3) is 0.292. The number of nitrogens with one attached hydrogen (secondary N) is 3. The van der Waals surface area contributed by atoms with Gasteiger partial charge >= 0.3 is 6.03 Å². The summed E-state index contributed by atoms with van der Waals surface area (Å²) in [7, 11) is 4.08. The number of thiazole rings is 1. The molecule has 182 valence electrons. The number of carbonyl (C=O) groups excluding carboxylic acids is 1. The smallest absolute Gasteiger partial charge is 0.325 e. The van der Waals surface area contributed by atoms with E-state index in [9.17, 15) is 4.79 Å². The molecule has 10 nitrogen and oxygen atoms in total. The Hall–Kier alpha value is -3.83. The Bertz CT molecular complexity index is 1250. The fourth-order valence-corrected chi connectivity index (χ4v) is 4.08. The standard InChI is InChI=1S/C24H28N8O2S/c1-32(2)11-6-12-34-21-13-20-19(15-26-21)22(29-16-28-20)25-10-9-18-14-27-24(35-18)31-23(33)30-17-7-4-3-5-8-17/h3-5,7-8,13-16H,6,9-12H2,1-2H3,(H,25,28,29)(H2,27,30,31,33). The highest BCUT2D eigenvalue weighted by molar-refractivity contribution is 7.15. The van der Waals surface area contributed by atoms with Crippen LogP contribution in [0.1, 0.15) is 11.3 Å². The molecule has 2 amide bonds. The summed E-state index contributed by atoms with van der Waals surface area (Å²) in [5.74, 6) is 1.27. The van der Waals surface area contributed by atoms with Gasteiger partial charge in [0.15, 0.2) is 5.13 Å². The number of urea groups is 1. The third-order valence-corrected chi connectivity index (χ3v) is 5.94. The molecule has 3 heterocycles. The monoisotopic (exact) mass is 492 g/mol. The minimum absolute atomic E-state index is 0.323. The molecule has 0 aliphatic carbocycles. The van der Waals surface area contributed by atoms with Crippen molar-refractivity contribution in [1.29, 1.82) is 0 Å². The molecular weight excluding hydrogens is 464 g/mol. The molecule has 0 unspecified atom stereocenters. The number of hydrogen-bond acceptors (Lipinski definition) is 9. The summed E-state index contributed by atoms with van der Waals surface area (Å²) in [5, 5.41) is 10.3. The zero-order valence-corrected chi connectivity index (χ0v) is 20.5. The summed E-state index contributed by atoms with van der Waals surface area (Å²) >= 11 is 1.44. The van der Waals surface area contributed by atoms with E-state index in [1.54, 1.807) is 12.4 Å². The number of benzene rings is 1. The van der Waals surface area contributed by atoms with E-state index in [0.29, 0.717) is 30.0 Å². The second kappa shape index (κ2) is 12.0. The van der Waals surface area contributed by atoms with E-state index in [4.69, 9.17) is 4.74 Å². The third kappa shape index (κ3) is 7.33. The lowest BCUT2D eigenvalue weighted by atomic mass is 10.3. The Morgan fingerprint density at radius 3 is 2.74 bits per heavy atom. The lowest BCUT2D eigenvalue weighted by Crippen LogP contribution is -2.19. The van der Waals surface area contributed by atoms with Crippen molar-refractivity contribution in [3.05, 3.63) is 60.0 Å². The zero-order chi connectivity index (χ0) is 24.5. The third-order valence-electron chi connectivity index (χ3n) is 4.96. The van der Waals surface area contributed by atoms with Crippen LogP contribution in [-0.4, -0.2) is 64.7 Å². The second-order valence-corrected chi connectivity index (χ2v) is 9.14. The number of para-hydroxylation sites is 1. The van der Waals surface area contributed by atoms with Gasteiger partial charge in [-0.3, -0.25) is 5.32 Å². The van der Waals surface area contributed by atoms with Gasteiger partial charge in [0.2, 0.25) is 5.88 Å². The summed E-state index contributed by atoms with van der Waals surface area (Å²) in [6.45, 7) is 2.21. The molecule has 0 aliphatic heterocycles. The minimum atomic E-state index is -0.323. The number of nitrogens with zero attached hydrogens (tertiary/aromatic N) is 5. The van der Waals surface area contributed by atoms with E-state index >= 15 is 0 Å². The number of ether oxygens (including phenoxy) is 1. The summed E-state index contributed by atoms with van der Waals surface area (Å²) in [5.41, 5.74) is 1.49. The molecule has 0 radical (unpaired) electrons. The minimum Gasteiger partial charge on any atom is -0.478 e. The number of pyridine rings is 1. The maximum atomic E-state index is 12.1. The van der Waals surface area contributed by atoms with Crippen LogP contribution in [0.4, 0.5) is 21.4 Å². The highest BCUT2D eigenvalue weighted by Crippen LogP contribution is 2.23. The number of carbonyl (C=O) groups is 1. The van der Waals surface area contributed by atoms with Crippen molar-refractivity contribution in [3.8, 4) is 5.88 Å². The van der Waals surface area contributed by atoms with Crippen molar-refractivity contribution < 1.29 is 9.53 Å². The van der Waals surface area contributed by atoms with E-state index in [-0.39, 0.29) is 6.03 Å². The van der Waals surface area contributed by atoms with Gasteiger partial charge in [-0.1, -0.05) is 18.2 Å². The van der Waals surface area contributed by atoms with Gasteiger partial charge in [-0.2, -0.15) is 0 Å². The first-order valence-electron chi connectivity index (χ1n) is 11.3. The Balaban J connectivity index is 1.27. The number of anilines is 3. The number of fused-ring (bicyclic) bond motifs is 1. The Kier molecular flexibility index (Phi) is 8.36. The van der Waals surface area contributed by atoms with Gasteiger partial charge in [0.1, 0.15) is 12.1 Å². The number of aromatic nitrogens is 4. The van der Waals surface area contributed by atoms with Crippen molar-refractivity contribution >= 4 is 44.9 Å². The van der Waals surface area contributed by atoms with Gasteiger partial charge in [-0.15, -0.1) is 11.3 Å². The van der Waals surface area contributed by atoms with Crippen LogP contribution >= 0.6 is 11.3 Å². The SMILES string of the molecule is CN(C)CCCOc1cc2ncnc(NCCc3cnc(NC(=O)Nc4ccccc4)s3)c2cn1. The zero-order valence-electron chi connectivity index (χ0n) is 19.7. The molecule has 0 saturated carbocycles. The van der Waals surface area contributed by atoms with Crippen LogP contribution in [0.3, 0.4) is 0 Å². The molecule has 0 bridgehead atoms. The first-order chi connectivity index (χ1) is 17.1. The van der Waals surface area contributed by atoms with Crippen LogP contribution in [0.5, 0.6) is 5.88 Å². The molecule has 4 aromatic rings. The first-order valence-corrected chi connectivity index (χ1v) is 12.1. The lowest BCUT2D eigenvalue weighted by Gasteiger charge is -2.11. The highest BCUT2D eigenvalue weighted by Gasteiger charge is 2.09. The van der Waals surface area contributed by atoms with Gasteiger partial charge < -0.3 is 20.3 Å². The van der Waals surface area contributed by atoms with Crippen molar-refractivity contribution in [2.75, 3.05) is 49.7 Å². The quantitative estimate of drug-likeness (QED) is 0.268. The summed E-state index contributed by atoms with van der Waals surface area (Å²) in [6, 6.07) is 10.8. The fourth-order valence-electron chi connectivity index (χ4n) is 3.28. The Morgan fingerprint density at radius 1 is 1.06 bits per heavy atom. The molecule has 11 heteroatoms. The van der Waals surface area contributed by atoms with Gasteiger partial charge in [0.05, 0.1) is 17.5 Å². The maximum Gasteiger partial charge on any atom is 0.325 e. The molecule has 0 aliphatic rings. The molecule has 3 aromatic heterocycles. The van der Waals surface area contributed by atoms with Gasteiger partial charge in [-0.05, 0) is 32.6 Å². The summed E-state index contributed by atoms with van der Waals surface area (Å²) in [4.78, 5) is 32.7. The van der Waals surface area contributed by atoms with E-state index in [1.807, 2.05) is 50.5 Å². The van der Waals surface area contributed by atoms with Gasteiger partial charge in [-0.25, -0.2) is 24.7 Å². The van der Waals surface area contributed by atoms with Crippen LogP contribution < -0.4 is 20.7 Å². The van der Waals surface area contributed by atoms with E-state index in [2.05, 4.69) is 40.8 Å². The van der Waals surface area contributed by atoms with Crippen molar-refractivity contribution in [3.63, 3.8) is 0 Å². The Labute approximate surface area is 207 Å². The average Bonchev–Trinajstić information content (AvgIpc) is 3.29. The molecule has 0 saturated heterocycles. The van der Waals surface area contributed by atoms with Crippen LogP contribution in [0, 0.1) is 0 Å². The predicted octanol–water partition coefficient (Wildman–Crippen LogP) is 4.11. The molecule has 3 N–H and O–H groups in total. The highest BCUT2D eigenvalue weighted by atomic mass is 32.1. The second-order valence-electron chi connectivity index (χ2n) is 8.02. The Morgan fingerprint density at radius 2 is 1.91 bits per heavy atom. The van der Waals surface area contributed by atoms with Crippen molar-refractivity contribution in [1.82, 2.24) is 24.8 Å². The summed E-state index contributed by atoms with van der Waals surface area (Å²) < 4.78 is 5.75. The largest absolute Gasteiger partial charge is 0.478 e. The topological polar surface area (TPSA) is 117 Å². The van der Waals surface area contributed by atoms with Gasteiger partial charge in [0, 0.05) is 48.5 Å². The molecule has 35 heavy (non-hydrogen) atoms. The van der Waals surface area contributed by atoms with Crippen LogP contribution in [0.25, 0.3) is 10.9 Å². The van der Waals surface area contributed by atoms with Crippen molar-refractivity contribution in [2.45, 2.75) is 12.8 Å². The maximum absolute atomic E-state index is 12.1. The average molecular weight is 493 g/mol. The molecule has 4 rings (SSSR count). The van der Waals surface area contributed by atoms with Gasteiger partial charge in [0.25, 0.3) is 0 Å². The molecular formula is C24H28N8O2S. The molecule has 0 atom stereocenters. The number of amides is 2. The van der Waals surface area contributed by atoms with Crippen molar-refractivity contribution in [2.24, 2.45) is 0 Å². The molecule has 0 spiro atoms. The normalized spacial score (nSPS) is 10.9. The first kappa shape index (κ1) is 24.3. The predicted molar refractivity (Wildman–Crippen MR) is 139 cm³/mol. The molecule has 1 aromatic carbocycles. The van der Waals surface area contributed by atoms with Crippen LogP contribution in [-0.2, 0) is 6.42 Å². The molecule has 0 fully saturated rings. The number of hydrogen-bond donors (Lipinski definition) is 3. The van der Waals surface area contributed by atoms with E-state index < -0.39 is 0 Å². The van der Waals surface area contributed by atoms with Crippen LogP contribution in [0.15, 0.2) is 55.1 Å². The lowest BCUT2D eigenvalue weighted by molar-refractivity contribution is 0.262. The van der Waals surface area contributed by atoms with E-state index in [0.717, 1.165) is 40.9 Å². The summed E-state index contributed by atoms with van der Waals surface area (Å²) in [6.07, 6.45) is 6.69. The number of rotatable bonds is 11.